The van der Waals surface area contributed by atoms with Gasteiger partial charge in [0.25, 0.3) is 0 Å². The zero-order valence-electron chi connectivity index (χ0n) is 8.88. The molecular weight excluding hydrogens is 226 g/mol. The summed E-state index contributed by atoms with van der Waals surface area (Å²) in [5.41, 5.74) is 7.59. The molecule has 0 spiro atoms. The average Bonchev–Trinajstić information content (AvgIpc) is 2.77. The topological polar surface area (TPSA) is 85.2 Å². The van der Waals surface area contributed by atoms with Gasteiger partial charge in [0.2, 0.25) is 0 Å². The number of nitrogen functional groups attached to an aromatic ring is 1. The fraction of sp³-hybridized carbons (Fsp3) is 0.400. The highest BCUT2D eigenvalue weighted by Crippen LogP contribution is 2.30. The largest absolute Gasteiger partial charge is 0.397 e. The van der Waals surface area contributed by atoms with Gasteiger partial charge in [-0.05, 0) is 28.4 Å². The Labute approximate surface area is 97.0 Å². The Morgan fingerprint density at radius 3 is 2.94 bits per heavy atom. The second kappa shape index (κ2) is 4.71. The summed E-state index contributed by atoms with van der Waals surface area (Å²) in [6.45, 7) is 2.17. The Balaban J connectivity index is 2.24. The van der Waals surface area contributed by atoms with E-state index in [0.29, 0.717) is 16.7 Å². The number of anilines is 1. The van der Waals surface area contributed by atoms with Gasteiger partial charge >= 0.3 is 0 Å². The summed E-state index contributed by atoms with van der Waals surface area (Å²) in [5.74, 6) is 1.07. The summed E-state index contributed by atoms with van der Waals surface area (Å²) in [4.78, 5) is 0.978. The second-order valence-electron chi connectivity index (χ2n) is 3.71. The maximum atomic E-state index is 8.95. The van der Waals surface area contributed by atoms with Crippen LogP contribution >= 0.6 is 11.8 Å². The van der Waals surface area contributed by atoms with Gasteiger partial charge in [-0.2, -0.15) is 0 Å². The first-order chi connectivity index (χ1) is 7.72. The van der Waals surface area contributed by atoms with Gasteiger partial charge in [0.15, 0.2) is 11.0 Å². The first-order valence-corrected chi connectivity index (χ1v) is 5.95. The molecular formula is C10H13N3O2S. The van der Waals surface area contributed by atoms with E-state index in [0.717, 1.165) is 10.6 Å². The Morgan fingerprint density at radius 2 is 2.19 bits per heavy atom. The van der Waals surface area contributed by atoms with E-state index in [1.165, 1.54) is 0 Å². The number of hydrogen-bond donors (Lipinski definition) is 2. The molecule has 1 atom stereocenters. The highest BCUT2D eigenvalue weighted by Gasteiger charge is 2.11. The molecule has 0 amide bonds. The van der Waals surface area contributed by atoms with Crippen LogP contribution in [0.1, 0.15) is 6.92 Å². The molecule has 1 aromatic heterocycles. The standard InChI is InChI=1S/C10H13N3O2S/c1-6(4-14)5-16-8-3-2-7(11)9-10(8)13-15-12-9/h2-3,6,14H,4-5,11H2,1H3. The molecule has 2 rings (SSSR count). The molecule has 1 unspecified atom stereocenters. The van der Waals surface area contributed by atoms with Crippen molar-refractivity contribution >= 4 is 28.5 Å². The lowest BCUT2D eigenvalue weighted by molar-refractivity contribution is 0.250. The first-order valence-electron chi connectivity index (χ1n) is 4.96. The van der Waals surface area contributed by atoms with Crippen LogP contribution in [-0.2, 0) is 0 Å². The zero-order valence-corrected chi connectivity index (χ0v) is 9.70. The lowest BCUT2D eigenvalue weighted by Gasteiger charge is -2.07. The molecule has 6 heteroatoms. The predicted molar refractivity (Wildman–Crippen MR) is 63.2 cm³/mol. The molecule has 2 aromatic rings. The predicted octanol–water partition coefficient (Wildman–Crippen LogP) is 1.53. The lowest BCUT2D eigenvalue weighted by atomic mass is 10.2. The lowest BCUT2D eigenvalue weighted by Crippen LogP contribution is -2.03. The minimum Gasteiger partial charge on any atom is -0.397 e. The van der Waals surface area contributed by atoms with Gasteiger partial charge in [-0.3, -0.25) is 0 Å². The number of aromatic nitrogens is 2. The third-order valence-corrected chi connectivity index (χ3v) is 3.62. The molecule has 5 nitrogen and oxygen atoms in total. The van der Waals surface area contributed by atoms with Crippen LogP contribution in [0.3, 0.4) is 0 Å². The van der Waals surface area contributed by atoms with Crippen molar-refractivity contribution in [2.45, 2.75) is 11.8 Å². The Hall–Kier alpha value is -1.27. The smallest absolute Gasteiger partial charge is 0.159 e. The van der Waals surface area contributed by atoms with Crippen LogP contribution in [0.2, 0.25) is 0 Å². The van der Waals surface area contributed by atoms with Crippen molar-refractivity contribution in [1.82, 2.24) is 10.3 Å². The number of fused-ring (bicyclic) bond motifs is 1. The van der Waals surface area contributed by atoms with Crippen LogP contribution < -0.4 is 5.73 Å². The minimum absolute atomic E-state index is 0.183. The fourth-order valence-electron chi connectivity index (χ4n) is 1.26. The second-order valence-corrected chi connectivity index (χ2v) is 4.77. The minimum atomic E-state index is 0.183. The molecule has 0 aliphatic heterocycles. The molecule has 3 N–H and O–H groups in total. The number of aliphatic hydroxyl groups excluding tert-OH is 1. The van der Waals surface area contributed by atoms with Crippen molar-refractivity contribution in [2.24, 2.45) is 5.92 Å². The third kappa shape index (κ3) is 2.12. The summed E-state index contributed by atoms with van der Waals surface area (Å²) in [7, 11) is 0. The molecule has 1 heterocycles. The highest BCUT2D eigenvalue weighted by atomic mass is 32.2. The quantitative estimate of drug-likeness (QED) is 0.621. The molecule has 0 saturated carbocycles. The number of benzene rings is 1. The van der Waals surface area contributed by atoms with Crippen LogP contribution in [0.25, 0.3) is 11.0 Å². The number of thioether (sulfide) groups is 1. The summed E-state index contributed by atoms with van der Waals surface area (Å²) in [6, 6.07) is 3.69. The maximum absolute atomic E-state index is 8.95. The fourth-order valence-corrected chi connectivity index (χ4v) is 2.27. The Morgan fingerprint density at radius 1 is 1.44 bits per heavy atom. The summed E-state index contributed by atoms with van der Waals surface area (Å²) in [5, 5.41) is 16.5. The van der Waals surface area contributed by atoms with E-state index in [1.807, 2.05) is 13.0 Å². The van der Waals surface area contributed by atoms with Gasteiger partial charge in [0.1, 0.15) is 0 Å². The molecule has 0 saturated heterocycles. The molecule has 0 bridgehead atoms. The van der Waals surface area contributed by atoms with Crippen LogP contribution in [0.4, 0.5) is 5.69 Å². The number of hydrogen-bond acceptors (Lipinski definition) is 6. The zero-order chi connectivity index (χ0) is 11.5. The van der Waals surface area contributed by atoms with E-state index >= 15 is 0 Å². The number of nitrogens with zero attached hydrogens (tertiary/aromatic N) is 2. The average molecular weight is 239 g/mol. The highest BCUT2D eigenvalue weighted by molar-refractivity contribution is 7.99. The summed E-state index contributed by atoms with van der Waals surface area (Å²) >= 11 is 1.62. The molecule has 0 radical (unpaired) electrons. The van der Waals surface area contributed by atoms with E-state index in [1.54, 1.807) is 17.8 Å². The van der Waals surface area contributed by atoms with Crippen molar-refractivity contribution in [2.75, 3.05) is 18.1 Å². The molecule has 1 aromatic carbocycles. The van der Waals surface area contributed by atoms with Crippen LogP contribution in [0, 0.1) is 5.92 Å². The normalized spacial score (nSPS) is 13.1. The molecule has 0 aliphatic carbocycles. The Bertz CT molecular complexity index is 486. The van der Waals surface area contributed by atoms with Gasteiger partial charge in [-0.25, -0.2) is 4.63 Å². The third-order valence-electron chi connectivity index (χ3n) is 2.24. The summed E-state index contributed by atoms with van der Waals surface area (Å²) < 4.78 is 4.68. The van der Waals surface area contributed by atoms with E-state index in [2.05, 4.69) is 14.9 Å². The molecule has 16 heavy (non-hydrogen) atoms. The molecule has 0 aliphatic rings. The van der Waals surface area contributed by atoms with Gasteiger partial charge < -0.3 is 10.8 Å². The molecule has 0 fully saturated rings. The molecule has 86 valence electrons. The van der Waals surface area contributed by atoms with Gasteiger partial charge in [-0.1, -0.05) is 6.92 Å². The number of rotatable bonds is 4. The van der Waals surface area contributed by atoms with Crippen molar-refractivity contribution in [3.63, 3.8) is 0 Å². The van der Waals surface area contributed by atoms with Gasteiger partial charge in [-0.15, -0.1) is 11.8 Å². The van der Waals surface area contributed by atoms with Gasteiger partial charge in [0, 0.05) is 17.3 Å². The number of aliphatic hydroxyl groups is 1. The maximum Gasteiger partial charge on any atom is 0.159 e. The van der Waals surface area contributed by atoms with Crippen molar-refractivity contribution < 1.29 is 9.74 Å². The van der Waals surface area contributed by atoms with Crippen LogP contribution in [0.5, 0.6) is 0 Å². The summed E-state index contributed by atoms with van der Waals surface area (Å²) in [6.07, 6.45) is 0. The van der Waals surface area contributed by atoms with Crippen molar-refractivity contribution in [3.8, 4) is 0 Å². The van der Waals surface area contributed by atoms with Gasteiger partial charge in [0.05, 0.1) is 5.69 Å². The number of nitrogens with two attached hydrogens (primary N) is 1. The van der Waals surface area contributed by atoms with Crippen LogP contribution in [0.15, 0.2) is 21.7 Å². The van der Waals surface area contributed by atoms with E-state index in [-0.39, 0.29) is 12.5 Å². The SMILES string of the molecule is CC(CO)CSc1ccc(N)c2nonc12. The Kier molecular flexibility index (Phi) is 3.31. The van der Waals surface area contributed by atoms with E-state index in [9.17, 15) is 0 Å². The van der Waals surface area contributed by atoms with Crippen molar-refractivity contribution in [1.29, 1.82) is 0 Å². The van der Waals surface area contributed by atoms with Crippen LogP contribution in [-0.4, -0.2) is 27.8 Å². The van der Waals surface area contributed by atoms with E-state index in [4.69, 9.17) is 10.8 Å². The van der Waals surface area contributed by atoms with E-state index < -0.39 is 0 Å². The first kappa shape index (κ1) is 11.2. The van der Waals surface area contributed by atoms with Crippen molar-refractivity contribution in [3.05, 3.63) is 12.1 Å². The monoisotopic (exact) mass is 239 g/mol.